The van der Waals surface area contributed by atoms with Gasteiger partial charge in [0.05, 0.1) is 11.3 Å². The van der Waals surface area contributed by atoms with Gasteiger partial charge in [-0.25, -0.2) is 13.5 Å². The first-order valence-electron chi connectivity index (χ1n) is 5.50. The van der Waals surface area contributed by atoms with E-state index in [-0.39, 0.29) is 17.1 Å². The first-order valence-corrected chi connectivity index (χ1v) is 5.50. The maximum Gasteiger partial charge on any atom is 0.185 e. The summed E-state index contributed by atoms with van der Waals surface area (Å²) in [4.78, 5) is 0. The van der Waals surface area contributed by atoms with Gasteiger partial charge in [0.2, 0.25) is 0 Å². The third kappa shape index (κ3) is 2.29. The van der Waals surface area contributed by atoms with E-state index in [2.05, 4.69) is 15.5 Å². The van der Waals surface area contributed by atoms with Crippen molar-refractivity contribution in [3.05, 3.63) is 23.8 Å². The predicted molar refractivity (Wildman–Crippen MR) is 62.4 cm³/mol. The van der Waals surface area contributed by atoms with Crippen LogP contribution in [-0.2, 0) is 6.54 Å². The summed E-state index contributed by atoms with van der Waals surface area (Å²) in [5.41, 5.74) is 5.39. The fourth-order valence-corrected chi connectivity index (χ4v) is 1.60. The molecule has 0 bridgehead atoms. The Balaban J connectivity index is 2.49. The second-order valence-corrected chi connectivity index (χ2v) is 4.43. The van der Waals surface area contributed by atoms with E-state index in [0.717, 1.165) is 6.07 Å². The van der Waals surface area contributed by atoms with Gasteiger partial charge in [0.25, 0.3) is 0 Å². The highest BCUT2D eigenvalue weighted by Gasteiger charge is 2.16. The van der Waals surface area contributed by atoms with Crippen LogP contribution in [0.1, 0.15) is 13.8 Å². The smallest absolute Gasteiger partial charge is 0.185 e. The zero-order valence-electron chi connectivity index (χ0n) is 10.1. The minimum absolute atomic E-state index is 0.0968. The number of anilines is 1. The van der Waals surface area contributed by atoms with Gasteiger partial charge in [0.15, 0.2) is 5.82 Å². The minimum Gasteiger partial charge on any atom is -0.396 e. The number of benzene rings is 1. The lowest BCUT2D eigenvalue weighted by Crippen LogP contribution is -2.09. The van der Waals surface area contributed by atoms with E-state index in [0.29, 0.717) is 12.5 Å². The second-order valence-electron chi connectivity index (χ2n) is 4.43. The average molecular weight is 253 g/mol. The maximum atomic E-state index is 13.7. The summed E-state index contributed by atoms with van der Waals surface area (Å²) < 4.78 is 28.3. The van der Waals surface area contributed by atoms with Gasteiger partial charge >= 0.3 is 0 Å². The topological polar surface area (TPSA) is 69.6 Å². The van der Waals surface area contributed by atoms with Crippen molar-refractivity contribution in [1.82, 2.24) is 20.2 Å². The molecular formula is C11H13F2N5. The molecule has 1 aromatic carbocycles. The number of aromatic nitrogens is 4. The molecular weight excluding hydrogens is 240 g/mol. The summed E-state index contributed by atoms with van der Waals surface area (Å²) in [5.74, 6) is -0.985. The fraction of sp³-hybridized carbons (Fsp3) is 0.364. The molecule has 1 aromatic heterocycles. The van der Waals surface area contributed by atoms with Crippen molar-refractivity contribution in [2.24, 2.45) is 5.92 Å². The van der Waals surface area contributed by atoms with Crippen LogP contribution in [0.3, 0.4) is 0 Å². The Morgan fingerprint density at radius 2 is 2.00 bits per heavy atom. The van der Waals surface area contributed by atoms with Crippen molar-refractivity contribution in [3.8, 4) is 11.4 Å². The van der Waals surface area contributed by atoms with Crippen molar-refractivity contribution in [2.75, 3.05) is 5.73 Å². The van der Waals surface area contributed by atoms with Crippen molar-refractivity contribution >= 4 is 5.69 Å². The van der Waals surface area contributed by atoms with Gasteiger partial charge < -0.3 is 5.73 Å². The summed E-state index contributed by atoms with van der Waals surface area (Å²) in [6.45, 7) is 4.51. The van der Waals surface area contributed by atoms with Crippen LogP contribution < -0.4 is 5.73 Å². The van der Waals surface area contributed by atoms with Crippen molar-refractivity contribution in [1.29, 1.82) is 0 Å². The van der Waals surface area contributed by atoms with E-state index in [4.69, 9.17) is 5.73 Å². The van der Waals surface area contributed by atoms with Gasteiger partial charge in [-0.05, 0) is 22.4 Å². The molecule has 0 amide bonds. The molecule has 2 N–H and O–H groups in total. The molecule has 0 radical (unpaired) electrons. The molecule has 0 aliphatic heterocycles. The number of halogens is 2. The molecule has 96 valence electrons. The van der Waals surface area contributed by atoms with E-state index in [9.17, 15) is 8.78 Å². The van der Waals surface area contributed by atoms with Crippen LogP contribution in [0.4, 0.5) is 14.5 Å². The van der Waals surface area contributed by atoms with Crippen LogP contribution in [0, 0.1) is 17.6 Å². The van der Waals surface area contributed by atoms with Gasteiger partial charge in [-0.2, -0.15) is 0 Å². The van der Waals surface area contributed by atoms with E-state index in [1.807, 2.05) is 13.8 Å². The number of nitrogen functional groups attached to an aromatic ring is 1. The lowest BCUT2D eigenvalue weighted by molar-refractivity contribution is 0.474. The zero-order chi connectivity index (χ0) is 13.3. The molecule has 0 fully saturated rings. The van der Waals surface area contributed by atoms with Crippen LogP contribution in [0.2, 0.25) is 0 Å². The van der Waals surface area contributed by atoms with E-state index in [1.165, 1.54) is 10.7 Å². The third-order valence-corrected chi connectivity index (χ3v) is 2.40. The Labute approximate surface area is 103 Å². The monoisotopic (exact) mass is 253 g/mol. The summed E-state index contributed by atoms with van der Waals surface area (Å²) in [6, 6.07) is 1.94. The van der Waals surface area contributed by atoms with E-state index in [1.54, 1.807) is 0 Å². The first-order chi connectivity index (χ1) is 8.49. The van der Waals surface area contributed by atoms with Gasteiger partial charge in [-0.3, -0.25) is 0 Å². The van der Waals surface area contributed by atoms with Crippen LogP contribution >= 0.6 is 0 Å². The molecule has 0 atom stereocenters. The third-order valence-electron chi connectivity index (χ3n) is 2.40. The van der Waals surface area contributed by atoms with E-state index < -0.39 is 11.6 Å². The average Bonchev–Trinajstić information content (AvgIpc) is 2.70. The molecule has 0 unspecified atom stereocenters. The zero-order valence-corrected chi connectivity index (χ0v) is 10.1. The molecule has 2 aromatic rings. The fourth-order valence-electron chi connectivity index (χ4n) is 1.60. The van der Waals surface area contributed by atoms with Crippen molar-refractivity contribution < 1.29 is 8.78 Å². The molecule has 18 heavy (non-hydrogen) atoms. The predicted octanol–water partition coefficient (Wildman–Crippen LogP) is 1.86. The Bertz CT molecular complexity index is 565. The summed E-state index contributed by atoms with van der Waals surface area (Å²) in [7, 11) is 0. The van der Waals surface area contributed by atoms with Gasteiger partial charge in [-0.1, -0.05) is 13.8 Å². The van der Waals surface area contributed by atoms with Crippen LogP contribution in [0.5, 0.6) is 0 Å². The molecule has 0 aliphatic carbocycles. The van der Waals surface area contributed by atoms with Gasteiger partial charge in [0, 0.05) is 12.6 Å². The Kier molecular flexibility index (Phi) is 3.22. The first kappa shape index (κ1) is 12.4. The Morgan fingerprint density at radius 1 is 1.28 bits per heavy atom. The summed E-state index contributed by atoms with van der Waals surface area (Å²) in [6.07, 6.45) is 0. The van der Waals surface area contributed by atoms with Crippen LogP contribution in [0.15, 0.2) is 12.1 Å². The molecule has 0 saturated carbocycles. The quantitative estimate of drug-likeness (QED) is 0.847. The number of rotatable bonds is 3. The highest BCUT2D eigenvalue weighted by atomic mass is 19.1. The normalized spacial score (nSPS) is 11.2. The molecule has 5 nitrogen and oxygen atoms in total. The lowest BCUT2D eigenvalue weighted by Gasteiger charge is -2.08. The lowest BCUT2D eigenvalue weighted by atomic mass is 10.1. The molecule has 7 heteroatoms. The van der Waals surface area contributed by atoms with Crippen LogP contribution in [-0.4, -0.2) is 20.2 Å². The Morgan fingerprint density at radius 3 is 2.67 bits per heavy atom. The van der Waals surface area contributed by atoms with Crippen molar-refractivity contribution in [2.45, 2.75) is 20.4 Å². The van der Waals surface area contributed by atoms with Crippen molar-refractivity contribution in [3.63, 3.8) is 0 Å². The second kappa shape index (κ2) is 4.67. The molecule has 2 rings (SSSR count). The number of hydrogen-bond acceptors (Lipinski definition) is 4. The number of nitrogens with two attached hydrogens (primary N) is 1. The molecule has 0 aliphatic rings. The summed E-state index contributed by atoms with van der Waals surface area (Å²) >= 11 is 0. The number of nitrogens with zero attached hydrogens (tertiary/aromatic N) is 4. The van der Waals surface area contributed by atoms with E-state index >= 15 is 0 Å². The number of tetrazole rings is 1. The molecule has 0 spiro atoms. The SMILES string of the molecule is CC(C)Cn1nnnc1-c1cc(N)c(F)cc1F. The molecule has 0 saturated heterocycles. The molecule has 1 heterocycles. The highest BCUT2D eigenvalue weighted by Crippen LogP contribution is 2.25. The Hall–Kier alpha value is -2.05. The largest absolute Gasteiger partial charge is 0.396 e. The van der Waals surface area contributed by atoms with Gasteiger partial charge in [-0.15, -0.1) is 5.10 Å². The minimum atomic E-state index is -0.792. The van der Waals surface area contributed by atoms with Gasteiger partial charge in [0.1, 0.15) is 11.6 Å². The number of hydrogen-bond donors (Lipinski definition) is 1. The highest BCUT2D eigenvalue weighted by molar-refractivity contribution is 5.62. The van der Waals surface area contributed by atoms with Crippen LogP contribution in [0.25, 0.3) is 11.4 Å². The maximum absolute atomic E-state index is 13.7. The summed E-state index contributed by atoms with van der Waals surface area (Å²) in [5, 5.41) is 11.0. The standard InChI is InChI=1S/C11H13F2N5/c1-6(2)5-18-11(15-16-17-18)7-3-10(14)9(13)4-8(7)12/h3-4,6H,5,14H2,1-2H3.